The Kier molecular flexibility index (Phi) is 3.18. The van der Waals surface area contributed by atoms with Crippen molar-refractivity contribution in [2.45, 2.75) is 18.0 Å². The molecule has 1 fully saturated rings. The van der Waals surface area contributed by atoms with Crippen molar-refractivity contribution in [2.75, 3.05) is 27.2 Å². The van der Waals surface area contributed by atoms with E-state index in [0.717, 1.165) is 6.54 Å². The third-order valence-electron chi connectivity index (χ3n) is 2.36. The summed E-state index contributed by atoms with van der Waals surface area (Å²) in [4.78, 5) is 4.43. The van der Waals surface area contributed by atoms with Crippen LogP contribution in [0, 0.1) is 0 Å². The van der Waals surface area contributed by atoms with Crippen LogP contribution in [0.3, 0.4) is 0 Å². The summed E-state index contributed by atoms with van der Waals surface area (Å²) in [6, 6.07) is 0.590. The maximum Gasteiger partial charge on any atom is 0.103 e. The summed E-state index contributed by atoms with van der Waals surface area (Å²) in [5.41, 5.74) is 5.51. The second kappa shape index (κ2) is 3.76. The van der Waals surface area contributed by atoms with Gasteiger partial charge in [0.15, 0.2) is 0 Å². The Morgan fingerprint density at radius 3 is 2.73 bits per heavy atom. The van der Waals surface area contributed by atoms with E-state index in [1.54, 1.807) is 0 Å². The van der Waals surface area contributed by atoms with Gasteiger partial charge in [0.2, 0.25) is 0 Å². The highest BCUT2D eigenvalue weighted by atomic mass is 32.1. The Morgan fingerprint density at radius 1 is 1.73 bits per heavy atom. The lowest BCUT2D eigenvalue weighted by atomic mass is 10.2. The first-order valence-corrected chi connectivity index (χ1v) is 4.47. The van der Waals surface area contributed by atoms with Gasteiger partial charge in [0.25, 0.3) is 0 Å². The molecule has 2 N–H and O–H groups in total. The Morgan fingerprint density at radius 2 is 2.36 bits per heavy atom. The standard InChI is InChI=1S/C7H17N3S/c1-9-4-3-6(5-9)10(2)7(8)11/h6-7,11H,3-5,8H2,1-2H3/t6?,7-/m1/s1. The Hall–Kier alpha value is 0.230. The van der Waals surface area contributed by atoms with Crippen LogP contribution >= 0.6 is 12.6 Å². The minimum Gasteiger partial charge on any atom is -0.307 e. The van der Waals surface area contributed by atoms with Gasteiger partial charge < -0.3 is 10.6 Å². The summed E-state index contributed by atoms with van der Waals surface area (Å²) < 4.78 is 0. The minimum absolute atomic E-state index is 0.119. The van der Waals surface area contributed by atoms with Gasteiger partial charge in [-0.2, -0.15) is 0 Å². The van der Waals surface area contributed by atoms with Gasteiger partial charge in [-0.15, -0.1) is 12.6 Å². The number of likely N-dealkylation sites (tertiary alicyclic amines) is 1. The number of rotatable bonds is 2. The number of nitrogens with zero attached hydrogens (tertiary/aromatic N) is 2. The molecule has 0 radical (unpaired) electrons. The van der Waals surface area contributed by atoms with Crippen LogP contribution in [-0.4, -0.2) is 48.5 Å². The molecule has 2 atom stereocenters. The lowest BCUT2D eigenvalue weighted by Crippen LogP contribution is -2.43. The topological polar surface area (TPSA) is 32.5 Å². The number of hydrogen-bond acceptors (Lipinski definition) is 4. The van der Waals surface area contributed by atoms with Crippen LogP contribution in [0.2, 0.25) is 0 Å². The molecule has 0 bridgehead atoms. The van der Waals surface area contributed by atoms with Crippen molar-refractivity contribution in [1.29, 1.82) is 0 Å². The molecule has 1 heterocycles. The van der Waals surface area contributed by atoms with E-state index in [2.05, 4.69) is 29.5 Å². The van der Waals surface area contributed by atoms with Crippen molar-refractivity contribution in [3.8, 4) is 0 Å². The number of nitrogens with two attached hydrogens (primary N) is 1. The molecule has 11 heavy (non-hydrogen) atoms. The van der Waals surface area contributed by atoms with E-state index in [4.69, 9.17) is 5.73 Å². The lowest BCUT2D eigenvalue weighted by molar-refractivity contribution is 0.230. The molecule has 1 rings (SSSR count). The van der Waals surface area contributed by atoms with Gasteiger partial charge in [-0.25, -0.2) is 0 Å². The fourth-order valence-corrected chi connectivity index (χ4v) is 1.65. The average molecular weight is 175 g/mol. The lowest BCUT2D eigenvalue weighted by Gasteiger charge is -2.26. The van der Waals surface area contributed by atoms with E-state index in [0.29, 0.717) is 6.04 Å². The second-order valence-corrected chi connectivity index (χ2v) is 3.81. The van der Waals surface area contributed by atoms with E-state index in [9.17, 15) is 0 Å². The first-order chi connectivity index (χ1) is 5.11. The highest BCUT2D eigenvalue weighted by Crippen LogP contribution is 2.13. The van der Waals surface area contributed by atoms with Crippen molar-refractivity contribution in [3.63, 3.8) is 0 Å². The second-order valence-electron chi connectivity index (χ2n) is 3.28. The molecular formula is C7H17N3S. The Bertz CT molecular complexity index is 129. The molecular weight excluding hydrogens is 158 g/mol. The predicted octanol–water partition coefficient (Wildman–Crippen LogP) is -0.206. The fourth-order valence-electron chi connectivity index (χ4n) is 1.46. The largest absolute Gasteiger partial charge is 0.307 e. The molecule has 0 aromatic carbocycles. The normalized spacial score (nSPS) is 29.7. The molecule has 66 valence electrons. The van der Waals surface area contributed by atoms with E-state index < -0.39 is 0 Å². The van der Waals surface area contributed by atoms with Crippen molar-refractivity contribution >= 4 is 12.6 Å². The molecule has 0 spiro atoms. The summed E-state index contributed by atoms with van der Waals surface area (Å²) in [6.45, 7) is 2.29. The number of thiol groups is 1. The van der Waals surface area contributed by atoms with Crippen LogP contribution < -0.4 is 5.73 Å². The van der Waals surface area contributed by atoms with Crippen molar-refractivity contribution in [3.05, 3.63) is 0 Å². The zero-order chi connectivity index (χ0) is 8.43. The maximum absolute atomic E-state index is 5.63. The molecule has 1 aliphatic heterocycles. The first-order valence-electron chi connectivity index (χ1n) is 3.95. The van der Waals surface area contributed by atoms with Gasteiger partial charge >= 0.3 is 0 Å². The van der Waals surface area contributed by atoms with Crippen LogP contribution in [0.25, 0.3) is 0 Å². The average Bonchev–Trinajstić information content (AvgIpc) is 2.34. The summed E-state index contributed by atoms with van der Waals surface area (Å²) in [7, 11) is 4.17. The predicted molar refractivity (Wildman–Crippen MR) is 50.6 cm³/mol. The van der Waals surface area contributed by atoms with Crippen molar-refractivity contribution in [2.24, 2.45) is 5.73 Å². The van der Waals surface area contributed by atoms with Gasteiger partial charge in [-0.05, 0) is 27.1 Å². The van der Waals surface area contributed by atoms with Gasteiger partial charge in [0.1, 0.15) is 5.50 Å². The van der Waals surface area contributed by atoms with Crippen molar-refractivity contribution in [1.82, 2.24) is 9.80 Å². The smallest absolute Gasteiger partial charge is 0.103 e. The van der Waals surface area contributed by atoms with Gasteiger partial charge in [-0.3, -0.25) is 4.90 Å². The van der Waals surface area contributed by atoms with Gasteiger partial charge in [0, 0.05) is 12.6 Å². The third kappa shape index (κ3) is 2.33. The van der Waals surface area contributed by atoms with Gasteiger partial charge in [-0.1, -0.05) is 0 Å². The van der Waals surface area contributed by atoms with E-state index in [1.165, 1.54) is 13.0 Å². The van der Waals surface area contributed by atoms with Crippen LogP contribution in [0.4, 0.5) is 0 Å². The molecule has 0 aromatic heterocycles. The first kappa shape index (κ1) is 9.32. The number of hydrogen-bond donors (Lipinski definition) is 2. The SMILES string of the molecule is CN1CCC(N(C)[C@@H](N)S)C1. The fraction of sp³-hybridized carbons (Fsp3) is 1.00. The van der Waals surface area contributed by atoms with Crippen molar-refractivity contribution < 1.29 is 0 Å². The maximum atomic E-state index is 5.63. The summed E-state index contributed by atoms with van der Waals surface area (Å²) >= 11 is 4.18. The van der Waals surface area contributed by atoms with Crippen LogP contribution in [0.5, 0.6) is 0 Å². The van der Waals surface area contributed by atoms with Crippen LogP contribution in [0.1, 0.15) is 6.42 Å². The summed E-state index contributed by atoms with van der Waals surface area (Å²) in [6.07, 6.45) is 1.21. The van der Waals surface area contributed by atoms with Crippen LogP contribution in [0.15, 0.2) is 0 Å². The zero-order valence-corrected chi connectivity index (χ0v) is 8.09. The minimum atomic E-state index is -0.119. The quantitative estimate of drug-likeness (QED) is 0.450. The van der Waals surface area contributed by atoms with Crippen LogP contribution in [-0.2, 0) is 0 Å². The van der Waals surface area contributed by atoms with Gasteiger partial charge in [0.05, 0.1) is 0 Å². The van der Waals surface area contributed by atoms with E-state index in [1.807, 2.05) is 7.05 Å². The molecule has 3 nitrogen and oxygen atoms in total. The third-order valence-corrected chi connectivity index (χ3v) is 2.72. The zero-order valence-electron chi connectivity index (χ0n) is 7.20. The Balaban J connectivity index is 2.36. The molecule has 0 amide bonds. The van der Waals surface area contributed by atoms with E-state index in [-0.39, 0.29) is 5.50 Å². The molecule has 0 aromatic rings. The summed E-state index contributed by atoms with van der Waals surface area (Å²) in [5, 5.41) is 0. The number of likely N-dealkylation sites (N-methyl/N-ethyl adjacent to an activating group) is 2. The molecule has 0 aliphatic carbocycles. The molecule has 4 heteroatoms. The molecule has 0 saturated carbocycles. The molecule has 1 aliphatic rings. The Labute approximate surface area is 73.9 Å². The molecule has 1 unspecified atom stereocenters. The highest BCUT2D eigenvalue weighted by molar-refractivity contribution is 7.80. The monoisotopic (exact) mass is 175 g/mol. The summed E-state index contributed by atoms with van der Waals surface area (Å²) in [5.74, 6) is 0. The highest BCUT2D eigenvalue weighted by Gasteiger charge is 2.24. The molecule has 1 saturated heterocycles. The van der Waals surface area contributed by atoms with E-state index >= 15 is 0 Å².